The van der Waals surface area contributed by atoms with Crippen molar-refractivity contribution in [1.82, 2.24) is 10.3 Å². The maximum atomic E-state index is 12.2. The summed E-state index contributed by atoms with van der Waals surface area (Å²) >= 11 is 1.56. The van der Waals surface area contributed by atoms with Gasteiger partial charge in [-0.1, -0.05) is 17.7 Å². The van der Waals surface area contributed by atoms with Gasteiger partial charge in [0.1, 0.15) is 10.8 Å². The largest absolute Gasteiger partial charge is 0.497 e. The number of carbonyl (C=O) groups excluding carboxylic acids is 1. The Labute approximate surface area is 145 Å². The van der Waals surface area contributed by atoms with Crippen LogP contribution < -0.4 is 10.1 Å². The van der Waals surface area contributed by atoms with E-state index in [1.165, 1.54) is 0 Å². The summed E-state index contributed by atoms with van der Waals surface area (Å²) in [6.45, 7) is 2.39. The molecule has 2 aromatic carbocycles. The Morgan fingerprint density at radius 1 is 1.21 bits per heavy atom. The van der Waals surface area contributed by atoms with Crippen LogP contribution in [0.5, 0.6) is 5.75 Å². The van der Waals surface area contributed by atoms with Gasteiger partial charge in [-0.15, -0.1) is 11.3 Å². The van der Waals surface area contributed by atoms with Gasteiger partial charge in [-0.25, -0.2) is 4.98 Å². The van der Waals surface area contributed by atoms with Crippen LogP contribution in [0.4, 0.5) is 0 Å². The number of aromatic nitrogens is 1. The third-order valence-corrected chi connectivity index (χ3v) is 4.54. The number of hydrogen-bond acceptors (Lipinski definition) is 4. The molecule has 5 heteroatoms. The molecule has 0 atom stereocenters. The van der Waals surface area contributed by atoms with Gasteiger partial charge in [0, 0.05) is 16.5 Å². The second kappa shape index (κ2) is 7.27. The van der Waals surface area contributed by atoms with Crippen molar-refractivity contribution in [3.8, 4) is 16.3 Å². The summed E-state index contributed by atoms with van der Waals surface area (Å²) in [6.07, 6.45) is 0. The molecule has 3 aromatic rings. The molecule has 3 rings (SSSR count). The number of nitrogens with one attached hydrogen (secondary N) is 1. The van der Waals surface area contributed by atoms with Crippen LogP contribution in [-0.2, 0) is 6.54 Å². The molecule has 0 aliphatic heterocycles. The van der Waals surface area contributed by atoms with Crippen molar-refractivity contribution in [3.05, 3.63) is 70.7 Å². The number of amides is 1. The maximum Gasteiger partial charge on any atom is 0.251 e. The molecule has 0 saturated heterocycles. The predicted molar refractivity (Wildman–Crippen MR) is 96.5 cm³/mol. The standard InChI is InChI=1S/C19H18N2O2S/c1-13-4-3-5-15(10-13)18(22)20-11-16-12-24-19(21-16)14-6-8-17(23-2)9-7-14/h3-10,12H,11H2,1-2H3,(H,20,22). The zero-order valence-electron chi connectivity index (χ0n) is 13.6. The number of carbonyl (C=O) groups is 1. The van der Waals surface area contributed by atoms with Gasteiger partial charge in [0.25, 0.3) is 5.91 Å². The molecule has 1 aromatic heterocycles. The van der Waals surface area contributed by atoms with Crippen molar-refractivity contribution in [2.45, 2.75) is 13.5 Å². The van der Waals surface area contributed by atoms with Crippen molar-refractivity contribution in [2.75, 3.05) is 7.11 Å². The SMILES string of the molecule is COc1ccc(-c2nc(CNC(=O)c3cccc(C)c3)cs2)cc1. The van der Waals surface area contributed by atoms with Gasteiger partial charge in [0.15, 0.2) is 0 Å². The molecule has 0 fully saturated rings. The minimum Gasteiger partial charge on any atom is -0.497 e. The Morgan fingerprint density at radius 2 is 2.00 bits per heavy atom. The van der Waals surface area contributed by atoms with Crippen molar-refractivity contribution in [2.24, 2.45) is 0 Å². The fraction of sp³-hybridized carbons (Fsp3) is 0.158. The Bertz CT molecular complexity index is 841. The van der Waals surface area contributed by atoms with Crippen LogP contribution in [0.15, 0.2) is 53.9 Å². The fourth-order valence-electron chi connectivity index (χ4n) is 2.31. The first-order valence-corrected chi connectivity index (χ1v) is 8.47. The lowest BCUT2D eigenvalue weighted by Crippen LogP contribution is -2.22. The molecule has 0 bridgehead atoms. The average molecular weight is 338 g/mol. The second-order valence-corrected chi connectivity index (χ2v) is 6.28. The first-order chi connectivity index (χ1) is 11.7. The van der Waals surface area contributed by atoms with Gasteiger partial charge >= 0.3 is 0 Å². The molecule has 0 radical (unpaired) electrons. The number of methoxy groups -OCH3 is 1. The van der Waals surface area contributed by atoms with Gasteiger partial charge in [0.05, 0.1) is 19.3 Å². The molecule has 1 heterocycles. The van der Waals surface area contributed by atoms with Crippen LogP contribution in [0.1, 0.15) is 21.6 Å². The molecule has 0 aliphatic carbocycles. The van der Waals surface area contributed by atoms with Crippen LogP contribution in [0.2, 0.25) is 0 Å². The molecule has 1 N–H and O–H groups in total. The van der Waals surface area contributed by atoms with E-state index < -0.39 is 0 Å². The third kappa shape index (κ3) is 3.81. The third-order valence-electron chi connectivity index (χ3n) is 3.60. The highest BCUT2D eigenvalue weighted by molar-refractivity contribution is 7.13. The van der Waals surface area contributed by atoms with E-state index in [4.69, 9.17) is 4.74 Å². The first-order valence-electron chi connectivity index (χ1n) is 7.59. The summed E-state index contributed by atoms with van der Waals surface area (Å²) in [5, 5.41) is 5.81. The quantitative estimate of drug-likeness (QED) is 0.763. The molecule has 24 heavy (non-hydrogen) atoms. The summed E-state index contributed by atoms with van der Waals surface area (Å²) in [7, 11) is 1.65. The zero-order valence-corrected chi connectivity index (χ0v) is 14.4. The summed E-state index contributed by atoms with van der Waals surface area (Å²) in [5.74, 6) is 0.735. The van der Waals surface area contributed by atoms with Crippen molar-refractivity contribution < 1.29 is 9.53 Å². The molecule has 0 aliphatic rings. The van der Waals surface area contributed by atoms with E-state index in [-0.39, 0.29) is 5.91 Å². The number of hydrogen-bond donors (Lipinski definition) is 1. The lowest BCUT2D eigenvalue weighted by atomic mass is 10.1. The number of aryl methyl sites for hydroxylation is 1. The lowest BCUT2D eigenvalue weighted by molar-refractivity contribution is 0.0950. The topological polar surface area (TPSA) is 51.2 Å². The van der Waals surface area contributed by atoms with Crippen LogP contribution in [0.25, 0.3) is 10.6 Å². The number of rotatable bonds is 5. The highest BCUT2D eigenvalue weighted by atomic mass is 32.1. The van der Waals surface area contributed by atoms with Crippen molar-refractivity contribution in [1.29, 1.82) is 0 Å². The highest BCUT2D eigenvalue weighted by Gasteiger charge is 2.08. The Morgan fingerprint density at radius 3 is 2.71 bits per heavy atom. The average Bonchev–Trinajstić information content (AvgIpc) is 3.09. The van der Waals surface area contributed by atoms with Crippen LogP contribution >= 0.6 is 11.3 Å². The van der Waals surface area contributed by atoms with E-state index in [1.54, 1.807) is 18.4 Å². The summed E-state index contributed by atoms with van der Waals surface area (Å²) in [6, 6.07) is 15.3. The van der Waals surface area contributed by atoms with Crippen molar-refractivity contribution >= 4 is 17.2 Å². The number of thiazole rings is 1. The van der Waals surface area contributed by atoms with E-state index in [1.807, 2.05) is 60.8 Å². The molecule has 1 amide bonds. The zero-order chi connectivity index (χ0) is 16.9. The van der Waals surface area contributed by atoms with E-state index in [2.05, 4.69) is 10.3 Å². The number of nitrogens with zero attached hydrogens (tertiary/aromatic N) is 1. The smallest absolute Gasteiger partial charge is 0.251 e. The van der Waals surface area contributed by atoms with Gasteiger partial charge < -0.3 is 10.1 Å². The predicted octanol–water partition coefficient (Wildman–Crippen LogP) is 4.06. The van der Waals surface area contributed by atoms with E-state index in [9.17, 15) is 4.79 Å². The molecular formula is C19H18N2O2S. The molecule has 0 spiro atoms. The number of benzene rings is 2. The van der Waals surface area contributed by atoms with Gasteiger partial charge in [-0.3, -0.25) is 4.79 Å². The van der Waals surface area contributed by atoms with Crippen molar-refractivity contribution in [3.63, 3.8) is 0 Å². The highest BCUT2D eigenvalue weighted by Crippen LogP contribution is 2.25. The van der Waals surface area contributed by atoms with Gasteiger partial charge in [0.2, 0.25) is 0 Å². The van der Waals surface area contributed by atoms with E-state index in [0.717, 1.165) is 27.6 Å². The second-order valence-electron chi connectivity index (χ2n) is 5.42. The Hall–Kier alpha value is -2.66. The molecule has 0 saturated carbocycles. The molecule has 122 valence electrons. The molecule has 0 unspecified atom stereocenters. The van der Waals surface area contributed by atoms with Gasteiger partial charge in [-0.05, 0) is 43.3 Å². The van der Waals surface area contributed by atoms with Gasteiger partial charge in [-0.2, -0.15) is 0 Å². The van der Waals surface area contributed by atoms with E-state index >= 15 is 0 Å². The molecular weight excluding hydrogens is 320 g/mol. The normalized spacial score (nSPS) is 10.4. The Kier molecular flexibility index (Phi) is 4.91. The number of ether oxygens (including phenoxy) is 1. The summed E-state index contributed by atoms with van der Waals surface area (Å²) in [4.78, 5) is 16.8. The first kappa shape index (κ1) is 16.2. The molecule has 4 nitrogen and oxygen atoms in total. The summed E-state index contributed by atoms with van der Waals surface area (Å²) < 4.78 is 5.16. The van der Waals surface area contributed by atoms with Crippen LogP contribution in [-0.4, -0.2) is 18.0 Å². The summed E-state index contributed by atoms with van der Waals surface area (Å²) in [5.41, 5.74) is 3.63. The maximum absolute atomic E-state index is 12.2. The lowest BCUT2D eigenvalue weighted by Gasteiger charge is -2.04. The Balaban J connectivity index is 1.64. The monoisotopic (exact) mass is 338 g/mol. The van der Waals surface area contributed by atoms with E-state index in [0.29, 0.717) is 12.1 Å². The fourth-order valence-corrected chi connectivity index (χ4v) is 3.14. The minimum atomic E-state index is -0.0855. The van der Waals surface area contributed by atoms with Crippen LogP contribution in [0.3, 0.4) is 0 Å². The minimum absolute atomic E-state index is 0.0855. The van der Waals surface area contributed by atoms with Crippen LogP contribution in [0, 0.1) is 6.92 Å².